The van der Waals surface area contributed by atoms with Crippen molar-refractivity contribution in [1.29, 1.82) is 0 Å². The van der Waals surface area contributed by atoms with E-state index >= 15 is 0 Å². The van der Waals surface area contributed by atoms with Crippen molar-refractivity contribution in [2.45, 2.75) is 19.6 Å². The zero-order valence-electron chi connectivity index (χ0n) is 10.4. The van der Waals surface area contributed by atoms with Gasteiger partial charge >= 0.3 is 0 Å². The van der Waals surface area contributed by atoms with E-state index in [0.29, 0.717) is 16.3 Å². The van der Waals surface area contributed by atoms with Gasteiger partial charge in [0.15, 0.2) is 0 Å². The van der Waals surface area contributed by atoms with Gasteiger partial charge in [0.2, 0.25) is 0 Å². The highest BCUT2D eigenvalue weighted by Gasteiger charge is 2.05. The van der Waals surface area contributed by atoms with E-state index in [2.05, 4.69) is 0 Å². The summed E-state index contributed by atoms with van der Waals surface area (Å²) in [6.07, 6.45) is -0.511. The minimum Gasteiger partial charge on any atom is -0.489 e. The molecule has 2 rings (SSSR count). The van der Waals surface area contributed by atoms with Crippen molar-refractivity contribution in [2.24, 2.45) is 0 Å². The van der Waals surface area contributed by atoms with Crippen molar-refractivity contribution in [2.75, 3.05) is 0 Å². The minimum absolute atomic E-state index is 0.136. The molecule has 0 aliphatic rings. The molecule has 0 fully saturated rings. The van der Waals surface area contributed by atoms with Gasteiger partial charge in [-0.2, -0.15) is 0 Å². The summed E-state index contributed by atoms with van der Waals surface area (Å²) in [5.74, 6) is 0.242. The SMILES string of the molecule is CC(O)c1ccc(OCc2ccc(Cl)cc2F)cc1. The van der Waals surface area contributed by atoms with Crippen LogP contribution in [0.4, 0.5) is 4.39 Å². The number of aliphatic hydroxyl groups is 1. The maximum Gasteiger partial charge on any atom is 0.131 e. The average Bonchev–Trinajstić information content (AvgIpc) is 2.38. The molecule has 0 saturated heterocycles. The fourth-order valence-electron chi connectivity index (χ4n) is 1.64. The summed E-state index contributed by atoms with van der Waals surface area (Å²) in [7, 11) is 0. The Kier molecular flexibility index (Phi) is 4.40. The smallest absolute Gasteiger partial charge is 0.131 e. The van der Waals surface area contributed by atoms with E-state index in [4.69, 9.17) is 16.3 Å². The van der Waals surface area contributed by atoms with Gasteiger partial charge in [-0.15, -0.1) is 0 Å². The Labute approximate surface area is 116 Å². The van der Waals surface area contributed by atoms with Crippen LogP contribution < -0.4 is 4.74 Å². The third kappa shape index (κ3) is 3.69. The van der Waals surface area contributed by atoms with Crippen LogP contribution in [0, 0.1) is 5.82 Å². The zero-order valence-corrected chi connectivity index (χ0v) is 11.2. The first-order valence-corrected chi connectivity index (χ1v) is 6.29. The summed E-state index contributed by atoms with van der Waals surface area (Å²) in [6, 6.07) is 11.5. The van der Waals surface area contributed by atoms with Gasteiger partial charge in [-0.25, -0.2) is 4.39 Å². The second kappa shape index (κ2) is 6.04. The van der Waals surface area contributed by atoms with E-state index < -0.39 is 6.10 Å². The number of hydrogen-bond acceptors (Lipinski definition) is 2. The number of aliphatic hydroxyl groups excluding tert-OH is 1. The molecule has 19 heavy (non-hydrogen) atoms. The van der Waals surface area contributed by atoms with E-state index in [9.17, 15) is 9.50 Å². The first-order chi connectivity index (χ1) is 9.06. The predicted molar refractivity (Wildman–Crippen MR) is 72.8 cm³/mol. The molecular formula is C15H14ClFO2. The molecule has 100 valence electrons. The molecule has 0 spiro atoms. The van der Waals surface area contributed by atoms with Gasteiger partial charge in [-0.05, 0) is 36.8 Å². The Morgan fingerprint density at radius 3 is 2.47 bits per heavy atom. The number of ether oxygens (including phenoxy) is 1. The Morgan fingerprint density at radius 1 is 1.21 bits per heavy atom. The van der Waals surface area contributed by atoms with Gasteiger partial charge in [0.25, 0.3) is 0 Å². The second-order valence-corrected chi connectivity index (χ2v) is 4.71. The summed E-state index contributed by atoms with van der Waals surface area (Å²) < 4.78 is 19.0. The lowest BCUT2D eigenvalue weighted by Gasteiger charge is -2.09. The summed E-state index contributed by atoms with van der Waals surface area (Å²) in [4.78, 5) is 0. The van der Waals surface area contributed by atoms with Gasteiger partial charge in [0.1, 0.15) is 18.2 Å². The number of halogens is 2. The average molecular weight is 281 g/mol. The van der Waals surface area contributed by atoms with Crippen LogP contribution >= 0.6 is 11.6 Å². The van der Waals surface area contributed by atoms with Gasteiger partial charge in [-0.3, -0.25) is 0 Å². The molecule has 0 saturated carbocycles. The molecule has 0 aliphatic heterocycles. The first kappa shape index (κ1) is 13.8. The molecule has 2 nitrogen and oxygen atoms in total. The summed E-state index contributed by atoms with van der Waals surface area (Å²) in [6.45, 7) is 1.83. The molecule has 2 aromatic rings. The fourth-order valence-corrected chi connectivity index (χ4v) is 1.80. The quantitative estimate of drug-likeness (QED) is 0.913. The largest absolute Gasteiger partial charge is 0.489 e. The summed E-state index contributed by atoms with van der Waals surface area (Å²) >= 11 is 5.68. The van der Waals surface area contributed by atoms with E-state index in [1.165, 1.54) is 6.07 Å². The topological polar surface area (TPSA) is 29.5 Å². The van der Waals surface area contributed by atoms with Crippen LogP contribution in [-0.2, 0) is 6.61 Å². The summed E-state index contributed by atoms with van der Waals surface area (Å²) in [5, 5.41) is 9.75. The molecule has 4 heteroatoms. The van der Waals surface area contributed by atoms with Crippen LogP contribution in [0.3, 0.4) is 0 Å². The van der Waals surface area contributed by atoms with Crippen LogP contribution in [0.25, 0.3) is 0 Å². The lowest BCUT2D eigenvalue weighted by atomic mass is 10.1. The van der Waals surface area contributed by atoms with Crippen molar-refractivity contribution in [3.05, 3.63) is 64.4 Å². The predicted octanol–water partition coefficient (Wildman–Crippen LogP) is 4.11. The lowest BCUT2D eigenvalue weighted by molar-refractivity contribution is 0.199. The molecule has 0 amide bonds. The van der Waals surface area contributed by atoms with Crippen LogP contribution in [-0.4, -0.2) is 5.11 Å². The maximum atomic E-state index is 13.5. The van der Waals surface area contributed by atoms with E-state index in [0.717, 1.165) is 5.56 Å². The van der Waals surface area contributed by atoms with E-state index in [1.54, 1.807) is 43.3 Å². The van der Waals surface area contributed by atoms with E-state index in [1.807, 2.05) is 0 Å². The highest BCUT2D eigenvalue weighted by Crippen LogP contribution is 2.20. The third-order valence-electron chi connectivity index (χ3n) is 2.77. The standard InChI is InChI=1S/C15H14ClFO2/c1-10(18)11-3-6-14(7-4-11)19-9-12-2-5-13(16)8-15(12)17/h2-8,10,18H,9H2,1H3. The molecule has 0 aromatic heterocycles. The molecular weight excluding hydrogens is 267 g/mol. The van der Waals surface area contributed by atoms with Crippen LogP contribution in [0.2, 0.25) is 5.02 Å². The van der Waals surface area contributed by atoms with Crippen molar-refractivity contribution < 1.29 is 14.2 Å². The van der Waals surface area contributed by atoms with E-state index in [-0.39, 0.29) is 12.4 Å². The zero-order chi connectivity index (χ0) is 13.8. The number of rotatable bonds is 4. The Bertz CT molecular complexity index is 553. The molecule has 0 radical (unpaired) electrons. The van der Waals surface area contributed by atoms with Crippen molar-refractivity contribution in [1.82, 2.24) is 0 Å². The van der Waals surface area contributed by atoms with Crippen LogP contribution in [0.5, 0.6) is 5.75 Å². The van der Waals surface area contributed by atoms with Crippen molar-refractivity contribution in [3.8, 4) is 5.75 Å². The molecule has 0 aliphatic carbocycles. The fraction of sp³-hybridized carbons (Fsp3) is 0.200. The summed E-state index contributed by atoms with van der Waals surface area (Å²) in [5.41, 5.74) is 1.26. The normalized spacial score (nSPS) is 12.2. The Morgan fingerprint density at radius 2 is 1.89 bits per heavy atom. The highest BCUT2D eigenvalue weighted by atomic mass is 35.5. The molecule has 0 heterocycles. The molecule has 1 N–H and O–H groups in total. The number of benzene rings is 2. The monoisotopic (exact) mass is 280 g/mol. The molecule has 2 aromatic carbocycles. The van der Waals surface area contributed by atoms with Crippen LogP contribution in [0.15, 0.2) is 42.5 Å². The van der Waals surface area contributed by atoms with Gasteiger partial charge in [0, 0.05) is 10.6 Å². The number of hydrogen-bond donors (Lipinski definition) is 1. The third-order valence-corrected chi connectivity index (χ3v) is 3.01. The molecule has 0 bridgehead atoms. The minimum atomic E-state index is -0.511. The highest BCUT2D eigenvalue weighted by molar-refractivity contribution is 6.30. The maximum absolute atomic E-state index is 13.5. The molecule has 1 atom stereocenters. The lowest BCUT2D eigenvalue weighted by Crippen LogP contribution is -1.99. The first-order valence-electron chi connectivity index (χ1n) is 5.91. The Hall–Kier alpha value is -1.58. The van der Waals surface area contributed by atoms with Crippen LogP contribution in [0.1, 0.15) is 24.2 Å². The van der Waals surface area contributed by atoms with Gasteiger partial charge < -0.3 is 9.84 Å². The second-order valence-electron chi connectivity index (χ2n) is 4.27. The Balaban J connectivity index is 2.02. The van der Waals surface area contributed by atoms with Crippen molar-refractivity contribution >= 4 is 11.6 Å². The van der Waals surface area contributed by atoms with Crippen molar-refractivity contribution in [3.63, 3.8) is 0 Å². The van der Waals surface area contributed by atoms with Gasteiger partial charge in [-0.1, -0.05) is 29.8 Å². The molecule has 1 unspecified atom stereocenters. The van der Waals surface area contributed by atoms with Gasteiger partial charge in [0.05, 0.1) is 6.10 Å².